The maximum atomic E-state index is 13.0. The van der Waals surface area contributed by atoms with Gasteiger partial charge in [0.1, 0.15) is 12.4 Å². The van der Waals surface area contributed by atoms with E-state index in [1.807, 2.05) is 0 Å². The average Bonchev–Trinajstić information content (AvgIpc) is 2.82. The molecule has 0 atom stereocenters. The summed E-state index contributed by atoms with van der Waals surface area (Å²) >= 11 is 0. The number of anilines is 1. The number of nitro groups is 1. The normalized spacial score (nSPS) is 10.9. The summed E-state index contributed by atoms with van der Waals surface area (Å²) in [5.74, 6) is -0.240. The van der Waals surface area contributed by atoms with Crippen LogP contribution in [-0.2, 0) is 21.4 Å². The fourth-order valence-electron chi connectivity index (χ4n) is 2.89. The zero-order valence-electron chi connectivity index (χ0n) is 17.3. The molecule has 0 aliphatic heterocycles. The lowest BCUT2D eigenvalue weighted by Gasteiger charge is -2.21. The molecule has 0 aliphatic rings. The second kappa shape index (κ2) is 9.48. The minimum atomic E-state index is -3.89. The van der Waals surface area contributed by atoms with Crippen molar-refractivity contribution >= 4 is 27.4 Å². The number of hydrogen-bond acceptors (Lipinski definition) is 7. The van der Waals surface area contributed by atoms with Crippen molar-refractivity contribution in [1.29, 1.82) is 0 Å². The van der Waals surface area contributed by atoms with Crippen molar-refractivity contribution in [3.05, 3.63) is 94.0 Å². The van der Waals surface area contributed by atoms with Gasteiger partial charge in [-0.3, -0.25) is 14.4 Å². The Morgan fingerprint density at radius 3 is 2.22 bits per heavy atom. The summed E-state index contributed by atoms with van der Waals surface area (Å²) in [6.07, 6.45) is 0. The summed E-state index contributed by atoms with van der Waals surface area (Å²) in [7, 11) is -1.02. The number of para-hydroxylation sites is 2. The molecule has 0 saturated carbocycles. The van der Waals surface area contributed by atoms with Gasteiger partial charge in [0.2, 0.25) is 0 Å². The van der Waals surface area contributed by atoms with Crippen LogP contribution in [-0.4, -0.2) is 33.5 Å². The molecule has 0 heterocycles. The van der Waals surface area contributed by atoms with Gasteiger partial charge in [0.15, 0.2) is 0 Å². The summed E-state index contributed by atoms with van der Waals surface area (Å²) < 4.78 is 37.5. The number of nitro benzene ring substituents is 1. The molecule has 32 heavy (non-hydrogen) atoms. The van der Waals surface area contributed by atoms with Gasteiger partial charge in [-0.2, -0.15) is 0 Å². The summed E-state index contributed by atoms with van der Waals surface area (Å²) in [6, 6.07) is 17.7. The van der Waals surface area contributed by atoms with E-state index in [0.29, 0.717) is 17.0 Å². The van der Waals surface area contributed by atoms with Gasteiger partial charge in [0.25, 0.3) is 15.7 Å². The molecule has 0 bridgehead atoms. The fraction of sp³-hybridized carbons (Fsp3) is 0.136. The van der Waals surface area contributed by atoms with Crippen LogP contribution in [0.5, 0.6) is 5.75 Å². The summed E-state index contributed by atoms with van der Waals surface area (Å²) in [5, 5.41) is 10.7. The highest BCUT2D eigenvalue weighted by Crippen LogP contribution is 2.30. The quantitative estimate of drug-likeness (QED) is 0.288. The molecule has 3 aromatic rings. The predicted octanol–water partition coefficient (Wildman–Crippen LogP) is 3.79. The number of sulfonamides is 1. The molecule has 3 rings (SSSR count). The molecule has 0 unspecified atom stereocenters. The highest BCUT2D eigenvalue weighted by Gasteiger charge is 2.24. The molecule has 10 heteroatoms. The number of carbonyl (C=O) groups is 1. The number of non-ortho nitro benzene ring substituents is 1. The van der Waals surface area contributed by atoms with Crippen LogP contribution in [0, 0.1) is 10.1 Å². The Balaban J connectivity index is 1.70. The largest absolute Gasteiger partial charge is 0.495 e. The molecular formula is C22H20N2O7S. The molecule has 0 fully saturated rings. The van der Waals surface area contributed by atoms with E-state index in [1.54, 1.807) is 24.3 Å². The second-order valence-electron chi connectivity index (χ2n) is 6.67. The Kier molecular flexibility index (Phi) is 6.74. The summed E-state index contributed by atoms with van der Waals surface area (Å²) in [6.45, 7) is -0.0760. The van der Waals surface area contributed by atoms with Crippen LogP contribution >= 0.6 is 0 Å². The van der Waals surface area contributed by atoms with Crippen molar-refractivity contribution in [1.82, 2.24) is 0 Å². The van der Waals surface area contributed by atoms with E-state index in [-0.39, 0.29) is 22.8 Å². The Morgan fingerprint density at radius 2 is 1.62 bits per heavy atom. The molecule has 0 aromatic heterocycles. The Bertz CT molecular complexity index is 1220. The van der Waals surface area contributed by atoms with Crippen LogP contribution in [0.3, 0.4) is 0 Å². The van der Waals surface area contributed by atoms with E-state index in [4.69, 9.17) is 9.47 Å². The van der Waals surface area contributed by atoms with Crippen molar-refractivity contribution in [2.45, 2.75) is 11.5 Å². The Labute approximate surface area is 185 Å². The summed E-state index contributed by atoms with van der Waals surface area (Å²) in [4.78, 5) is 22.5. The van der Waals surface area contributed by atoms with Crippen molar-refractivity contribution in [2.24, 2.45) is 0 Å². The number of benzene rings is 3. The standard InChI is InChI=1S/C22H20N2O7S/c1-23(20-5-3-4-6-21(20)30-2)32(28,29)19-13-9-17(10-14-19)22(25)31-15-16-7-11-18(12-8-16)24(26)27/h3-14H,15H2,1-2H3. The van der Waals surface area contributed by atoms with Gasteiger partial charge in [0, 0.05) is 19.2 Å². The topological polar surface area (TPSA) is 116 Å². The number of hydrogen-bond donors (Lipinski definition) is 0. The van der Waals surface area contributed by atoms with Crippen LogP contribution in [0.25, 0.3) is 0 Å². The molecule has 0 saturated heterocycles. The molecule has 0 N–H and O–H groups in total. The van der Waals surface area contributed by atoms with E-state index in [0.717, 1.165) is 4.31 Å². The van der Waals surface area contributed by atoms with Gasteiger partial charge in [0.05, 0.1) is 28.2 Å². The van der Waals surface area contributed by atoms with E-state index < -0.39 is 20.9 Å². The van der Waals surface area contributed by atoms with Crippen LogP contribution in [0.2, 0.25) is 0 Å². The number of carbonyl (C=O) groups excluding carboxylic acids is 1. The third-order valence-corrected chi connectivity index (χ3v) is 6.48. The van der Waals surface area contributed by atoms with Gasteiger partial charge < -0.3 is 9.47 Å². The Morgan fingerprint density at radius 1 is 1.00 bits per heavy atom. The van der Waals surface area contributed by atoms with Crippen LogP contribution < -0.4 is 9.04 Å². The average molecular weight is 456 g/mol. The number of esters is 1. The van der Waals surface area contributed by atoms with Crippen LogP contribution in [0.15, 0.2) is 77.7 Å². The number of ether oxygens (including phenoxy) is 2. The maximum Gasteiger partial charge on any atom is 0.338 e. The first-order valence-electron chi connectivity index (χ1n) is 9.36. The first-order valence-corrected chi connectivity index (χ1v) is 10.8. The Hall–Kier alpha value is -3.92. The molecule has 3 aromatic carbocycles. The third kappa shape index (κ3) is 4.86. The molecule has 166 valence electrons. The van der Waals surface area contributed by atoms with Gasteiger partial charge in [-0.05, 0) is 54.1 Å². The number of rotatable bonds is 8. The third-order valence-electron chi connectivity index (χ3n) is 4.69. The highest BCUT2D eigenvalue weighted by atomic mass is 32.2. The molecule has 0 amide bonds. The van der Waals surface area contributed by atoms with Gasteiger partial charge >= 0.3 is 5.97 Å². The lowest BCUT2D eigenvalue weighted by atomic mass is 10.2. The van der Waals surface area contributed by atoms with Crippen molar-refractivity contribution < 1.29 is 27.6 Å². The van der Waals surface area contributed by atoms with Crippen molar-refractivity contribution in [3.63, 3.8) is 0 Å². The number of methoxy groups -OCH3 is 1. The fourth-order valence-corrected chi connectivity index (χ4v) is 4.09. The van der Waals surface area contributed by atoms with Crippen LogP contribution in [0.4, 0.5) is 11.4 Å². The maximum absolute atomic E-state index is 13.0. The molecule has 9 nitrogen and oxygen atoms in total. The van der Waals surface area contributed by atoms with Gasteiger partial charge in [-0.25, -0.2) is 13.2 Å². The van der Waals surface area contributed by atoms with Gasteiger partial charge in [-0.1, -0.05) is 12.1 Å². The van der Waals surface area contributed by atoms with E-state index >= 15 is 0 Å². The highest BCUT2D eigenvalue weighted by molar-refractivity contribution is 7.92. The second-order valence-corrected chi connectivity index (χ2v) is 8.64. The molecule has 0 aliphatic carbocycles. The summed E-state index contributed by atoms with van der Waals surface area (Å²) in [5.41, 5.74) is 1.07. The van der Waals surface area contributed by atoms with Crippen molar-refractivity contribution in [3.8, 4) is 5.75 Å². The monoisotopic (exact) mass is 456 g/mol. The number of nitrogens with zero attached hydrogens (tertiary/aromatic N) is 2. The van der Waals surface area contributed by atoms with Gasteiger partial charge in [-0.15, -0.1) is 0 Å². The first-order chi connectivity index (χ1) is 15.2. The van der Waals surface area contributed by atoms with E-state index in [1.165, 1.54) is 62.7 Å². The van der Waals surface area contributed by atoms with E-state index in [9.17, 15) is 23.3 Å². The molecule has 0 radical (unpaired) electrons. The molecule has 0 spiro atoms. The minimum absolute atomic E-state index is 0.00201. The zero-order valence-corrected chi connectivity index (χ0v) is 18.1. The minimum Gasteiger partial charge on any atom is -0.495 e. The zero-order chi connectivity index (χ0) is 23.3. The van der Waals surface area contributed by atoms with Crippen LogP contribution in [0.1, 0.15) is 15.9 Å². The molecular weight excluding hydrogens is 436 g/mol. The van der Waals surface area contributed by atoms with E-state index in [2.05, 4.69) is 0 Å². The lowest BCUT2D eigenvalue weighted by Crippen LogP contribution is -2.27. The predicted molar refractivity (Wildman–Crippen MR) is 117 cm³/mol. The lowest BCUT2D eigenvalue weighted by molar-refractivity contribution is -0.384. The SMILES string of the molecule is COc1ccccc1N(C)S(=O)(=O)c1ccc(C(=O)OCc2ccc([N+](=O)[O-])cc2)cc1. The van der Waals surface area contributed by atoms with Crippen molar-refractivity contribution in [2.75, 3.05) is 18.5 Å². The first kappa shape index (κ1) is 22.8. The smallest absolute Gasteiger partial charge is 0.338 e.